The van der Waals surface area contributed by atoms with Crippen molar-refractivity contribution in [2.45, 2.75) is 9.79 Å². The Kier molecular flexibility index (Phi) is 4.39. The van der Waals surface area contributed by atoms with Crippen LogP contribution >= 0.6 is 27.7 Å². The molecule has 0 amide bonds. The van der Waals surface area contributed by atoms with E-state index in [-0.39, 0.29) is 20.8 Å². The van der Waals surface area contributed by atoms with Gasteiger partial charge in [0.2, 0.25) is 0 Å². The summed E-state index contributed by atoms with van der Waals surface area (Å²) in [4.78, 5) is 0.582. The summed E-state index contributed by atoms with van der Waals surface area (Å²) in [7, 11) is 0. The molecule has 2 aromatic carbocycles. The second kappa shape index (κ2) is 5.88. The number of hydrogen-bond acceptors (Lipinski definition) is 2. The number of halogens is 4. The molecule has 0 saturated carbocycles. The number of amidine groups is 1. The van der Waals surface area contributed by atoms with E-state index in [0.717, 1.165) is 23.9 Å². The quantitative estimate of drug-likeness (QED) is 0.633. The lowest BCUT2D eigenvalue weighted by Crippen LogP contribution is -2.12. The van der Waals surface area contributed by atoms with Gasteiger partial charge in [0, 0.05) is 15.4 Å². The van der Waals surface area contributed by atoms with Crippen LogP contribution in [0.15, 0.2) is 44.6 Å². The third kappa shape index (κ3) is 2.99. The van der Waals surface area contributed by atoms with Crippen LogP contribution in [0.3, 0.4) is 0 Å². The Morgan fingerprint density at radius 1 is 1.10 bits per heavy atom. The third-order valence-electron chi connectivity index (χ3n) is 2.46. The molecular formula is C13H8BrF3N2S. The molecule has 2 rings (SSSR count). The summed E-state index contributed by atoms with van der Waals surface area (Å²) in [5.74, 6) is -2.81. The Hall–Kier alpha value is -1.47. The van der Waals surface area contributed by atoms with Crippen molar-refractivity contribution in [3.05, 3.63) is 57.8 Å². The molecule has 3 N–H and O–H groups in total. The molecule has 0 bridgehead atoms. The summed E-state index contributed by atoms with van der Waals surface area (Å²) in [6, 6.07) is 6.25. The molecule has 2 aromatic rings. The Morgan fingerprint density at radius 2 is 1.80 bits per heavy atom. The van der Waals surface area contributed by atoms with E-state index in [2.05, 4.69) is 15.9 Å². The van der Waals surface area contributed by atoms with Gasteiger partial charge in [0.1, 0.15) is 5.84 Å². The first kappa shape index (κ1) is 14.9. The van der Waals surface area contributed by atoms with Gasteiger partial charge in [-0.1, -0.05) is 11.8 Å². The lowest BCUT2D eigenvalue weighted by Gasteiger charge is -2.08. The van der Waals surface area contributed by atoms with Crippen molar-refractivity contribution in [2.24, 2.45) is 5.73 Å². The van der Waals surface area contributed by atoms with Gasteiger partial charge in [-0.25, -0.2) is 13.2 Å². The summed E-state index contributed by atoms with van der Waals surface area (Å²) >= 11 is 3.98. The van der Waals surface area contributed by atoms with Crippen LogP contribution in [0.2, 0.25) is 0 Å². The van der Waals surface area contributed by atoms with Gasteiger partial charge in [0.25, 0.3) is 0 Å². The highest BCUT2D eigenvalue weighted by Crippen LogP contribution is 2.34. The molecule has 0 radical (unpaired) electrons. The maximum absolute atomic E-state index is 14.1. The van der Waals surface area contributed by atoms with Crippen molar-refractivity contribution >= 4 is 33.5 Å². The monoisotopic (exact) mass is 360 g/mol. The average molecular weight is 361 g/mol. The van der Waals surface area contributed by atoms with E-state index >= 15 is 0 Å². The highest BCUT2D eigenvalue weighted by Gasteiger charge is 2.14. The minimum atomic E-state index is -0.991. The summed E-state index contributed by atoms with van der Waals surface area (Å²) in [5, 5.41) is 7.30. The second-order valence-corrected chi connectivity index (χ2v) is 5.74. The molecule has 0 unspecified atom stereocenters. The third-order valence-corrected chi connectivity index (χ3v) is 4.26. The molecule has 0 fully saturated rings. The number of rotatable bonds is 3. The summed E-state index contributed by atoms with van der Waals surface area (Å²) < 4.78 is 40.1. The summed E-state index contributed by atoms with van der Waals surface area (Å²) in [6.45, 7) is 0. The Labute approximate surface area is 125 Å². The second-order valence-electron chi connectivity index (χ2n) is 3.83. The molecule has 0 saturated heterocycles. The highest BCUT2D eigenvalue weighted by molar-refractivity contribution is 9.10. The van der Waals surface area contributed by atoms with Gasteiger partial charge in [-0.15, -0.1) is 0 Å². The molecule has 0 aromatic heterocycles. The number of nitrogen functional groups attached to an aromatic ring is 1. The van der Waals surface area contributed by atoms with E-state index < -0.39 is 17.5 Å². The van der Waals surface area contributed by atoms with Gasteiger partial charge < -0.3 is 5.73 Å². The van der Waals surface area contributed by atoms with Crippen LogP contribution in [0.5, 0.6) is 0 Å². The van der Waals surface area contributed by atoms with Gasteiger partial charge in [-0.3, -0.25) is 5.41 Å². The zero-order valence-electron chi connectivity index (χ0n) is 9.88. The van der Waals surface area contributed by atoms with Crippen molar-refractivity contribution in [3.63, 3.8) is 0 Å². The van der Waals surface area contributed by atoms with Gasteiger partial charge >= 0.3 is 0 Å². The fraction of sp³-hybridized carbons (Fsp3) is 0. The number of nitrogens with one attached hydrogen (secondary N) is 1. The average Bonchev–Trinajstić information content (AvgIpc) is 2.39. The molecule has 0 heterocycles. The van der Waals surface area contributed by atoms with Gasteiger partial charge in [-0.05, 0) is 46.3 Å². The topological polar surface area (TPSA) is 49.9 Å². The first-order valence-electron chi connectivity index (χ1n) is 5.35. The largest absolute Gasteiger partial charge is 0.384 e. The highest BCUT2D eigenvalue weighted by atomic mass is 79.9. The normalized spacial score (nSPS) is 10.6. The minimum absolute atomic E-state index is 0.0672. The van der Waals surface area contributed by atoms with Gasteiger partial charge in [0.15, 0.2) is 17.5 Å². The van der Waals surface area contributed by atoms with Crippen LogP contribution < -0.4 is 5.73 Å². The predicted octanol–water partition coefficient (Wildman–Crippen LogP) is 4.30. The molecule has 20 heavy (non-hydrogen) atoms. The van der Waals surface area contributed by atoms with Crippen LogP contribution in [0.4, 0.5) is 13.2 Å². The number of benzene rings is 2. The first-order valence-corrected chi connectivity index (χ1v) is 6.96. The minimum Gasteiger partial charge on any atom is -0.384 e. The smallest absolute Gasteiger partial charge is 0.159 e. The molecule has 7 heteroatoms. The lowest BCUT2D eigenvalue weighted by molar-refractivity contribution is 0.506. The first-order chi connectivity index (χ1) is 9.40. The molecule has 0 aliphatic rings. The summed E-state index contributed by atoms with van der Waals surface area (Å²) in [5.41, 5.74) is 5.54. The maximum atomic E-state index is 14.1. The molecular weight excluding hydrogens is 353 g/mol. The van der Waals surface area contributed by atoms with E-state index in [0.29, 0.717) is 4.90 Å². The molecule has 2 nitrogen and oxygen atoms in total. The van der Waals surface area contributed by atoms with E-state index in [1.165, 1.54) is 18.2 Å². The van der Waals surface area contributed by atoms with Crippen LogP contribution in [0.25, 0.3) is 0 Å². The zero-order valence-corrected chi connectivity index (χ0v) is 12.3. The Bertz CT molecular complexity index is 692. The summed E-state index contributed by atoms with van der Waals surface area (Å²) in [6.07, 6.45) is 0. The molecule has 0 spiro atoms. The Balaban J connectivity index is 2.37. The number of nitrogens with two attached hydrogens (primary N) is 1. The molecule has 0 aliphatic carbocycles. The maximum Gasteiger partial charge on any atom is 0.159 e. The van der Waals surface area contributed by atoms with Crippen molar-refractivity contribution in [1.82, 2.24) is 0 Å². The Morgan fingerprint density at radius 3 is 2.40 bits per heavy atom. The van der Waals surface area contributed by atoms with Gasteiger partial charge in [-0.2, -0.15) is 0 Å². The predicted molar refractivity (Wildman–Crippen MR) is 75.6 cm³/mol. The van der Waals surface area contributed by atoms with Gasteiger partial charge in [0.05, 0.1) is 4.47 Å². The van der Waals surface area contributed by atoms with Crippen molar-refractivity contribution < 1.29 is 13.2 Å². The molecule has 104 valence electrons. The molecule has 0 aliphatic heterocycles. The lowest BCUT2D eigenvalue weighted by atomic mass is 10.2. The van der Waals surface area contributed by atoms with E-state index in [1.807, 2.05) is 0 Å². The fourth-order valence-electron chi connectivity index (χ4n) is 1.49. The standard InChI is InChI=1S/C13H8BrF3N2S/c14-11-7(13(18)19)2-4-10(12(11)17)20-6-1-3-8(15)9(16)5-6/h1-5H,(H3,18,19). The van der Waals surface area contributed by atoms with E-state index in [4.69, 9.17) is 11.1 Å². The van der Waals surface area contributed by atoms with Crippen LogP contribution in [-0.2, 0) is 0 Å². The van der Waals surface area contributed by atoms with E-state index in [1.54, 1.807) is 0 Å². The van der Waals surface area contributed by atoms with Crippen LogP contribution in [-0.4, -0.2) is 5.84 Å². The molecule has 0 atom stereocenters. The van der Waals surface area contributed by atoms with E-state index in [9.17, 15) is 13.2 Å². The van der Waals surface area contributed by atoms with Crippen molar-refractivity contribution in [1.29, 1.82) is 5.41 Å². The van der Waals surface area contributed by atoms with Crippen molar-refractivity contribution in [3.8, 4) is 0 Å². The number of hydrogen-bond donors (Lipinski definition) is 2. The fourth-order valence-corrected chi connectivity index (χ4v) is 3.06. The van der Waals surface area contributed by atoms with Crippen molar-refractivity contribution in [2.75, 3.05) is 0 Å². The SMILES string of the molecule is N=C(N)c1ccc(Sc2ccc(F)c(F)c2)c(F)c1Br. The van der Waals surface area contributed by atoms with Crippen LogP contribution in [0, 0.1) is 22.9 Å². The van der Waals surface area contributed by atoms with Crippen LogP contribution in [0.1, 0.15) is 5.56 Å². The zero-order chi connectivity index (χ0) is 14.9.